The standard InChI is InChI=1S/C10H16N2O3S/c13-9(14)5-8-10(15)11-2-3-12(8)7-1-4-16-6-7/h7-8H,1-6H2,(H,11,15)(H,13,14). The van der Waals surface area contributed by atoms with Crippen LogP contribution in [-0.4, -0.2) is 58.6 Å². The first kappa shape index (κ1) is 11.7. The molecule has 0 aromatic rings. The van der Waals surface area contributed by atoms with Crippen LogP contribution in [0.15, 0.2) is 0 Å². The molecule has 16 heavy (non-hydrogen) atoms. The second-order valence-corrected chi connectivity index (χ2v) is 5.31. The number of hydrogen-bond donors (Lipinski definition) is 2. The number of rotatable bonds is 3. The van der Waals surface area contributed by atoms with Crippen LogP contribution in [0.25, 0.3) is 0 Å². The summed E-state index contributed by atoms with van der Waals surface area (Å²) in [4.78, 5) is 24.5. The van der Waals surface area contributed by atoms with Crippen molar-refractivity contribution in [1.29, 1.82) is 0 Å². The van der Waals surface area contributed by atoms with Crippen LogP contribution in [0.5, 0.6) is 0 Å². The molecule has 2 heterocycles. The lowest BCUT2D eigenvalue weighted by Crippen LogP contribution is -2.59. The quantitative estimate of drug-likeness (QED) is 0.717. The summed E-state index contributed by atoms with van der Waals surface area (Å²) in [5.74, 6) is 1.09. The summed E-state index contributed by atoms with van der Waals surface area (Å²) in [6, 6.07) is -0.102. The molecule has 0 spiro atoms. The van der Waals surface area contributed by atoms with Gasteiger partial charge in [-0.05, 0) is 12.2 Å². The van der Waals surface area contributed by atoms with Crippen LogP contribution >= 0.6 is 11.8 Å². The largest absolute Gasteiger partial charge is 0.481 e. The average Bonchev–Trinajstić information content (AvgIpc) is 2.73. The number of aliphatic carboxylic acids is 1. The Morgan fingerprint density at radius 3 is 3.06 bits per heavy atom. The van der Waals surface area contributed by atoms with Crippen LogP contribution in [0.3, 0.4) is 0 Å². The second-order valence-electron chi connectivity index (χ2n) is 4.16. The molecule has 90 valence electrons. The van der Waals surface area contributed by atoms with E-state index in [0.717, 1.165) is 24.5 Å². The summed E-state index contributed by atoms with van der Waals surface area (Å²) in [6.45, 7) is 1.41. The number of amides is 1. The molecule has 0 bridgehead atoms. The number of carbonyl (C=O) groups excluding carboxylic acids is 1. The smallest absolute Gasteiger partial charge is 0.305 e. The molecule has 0 aliphatic carbocycles. The summed E-state index contributed by atoms with van der Waals surface area (Å²) in [5.41, 5.74) is 0. The average molecular weight is 244 g/mol. The highest BCUT2D eigenvalue weighted by atomic mass is 32.2. The van der Waals surface area contributed by atoms with Crippen LogP contribution in [0.1, 0.15) is 12.8 Å². The van der Waals surface area contributed by atoms with E-state index in [1.807, 2.05) is 11.8 Å². The second kappa shape index (κ2) is 5.05. The summed E-state index contributed by atoms with van der Waals surface area (Å²) in [5, 5.41) is 11.6. The van der Waals surface area contributed by atoms with Crippen molar-refractivity contribution in [3.05, 3.63) is 0 Å². The topological polar surface area (TPSA) is 69.6 Å². The van der Waals surface area contributed by atoms with E-state index in [4.69, 9.17) is 5.11 Å². The summed E-state index contributed by atoms with van der Waals surface area (Å²) in [7, 11) is 0. The number of nitrogens with one attached hydrogen (secondary N) is 1. The maximum Gasteiger partial charge on any atom is 0.305 e. The lowest BCUT2D eigenvalue weighted by Gasteiger charge is -2.38. The van der Waals surface area contributed by atoms with Gasteiger partial charge in [0.1, 0.15) is 0 Å². The molecule has 2 unspecified atom stereocenters. The van der Waals surface area contributed by atoms with Gasteiger partial charge in [0, 0.05) is 24.9 Å². The highest BCUT2D eigenvalue weighted by Crippen LogP contribution is 2.25. The van der Waals surface area contributed by atoms with Crippen LogP contribution < -0.4 is 5.32 Å². The zero-order valence-electron chi connectivity index (χ0n) is 9.02. The summed E-state index contributed by atoms with van der Waals surface area (Å²) < 4.78 is 0. The van der Waals surface area contributed by atoms with E-state index in [1.54, 1.807) is 0 Å². The number of thioether (sulfide) groups is 1. The highest BCUT2D eigenvalue weighted by Gasteiger charge is 2.36. The predicted octanol–water partition coefficient (Wildman–Crippen LogP) is -0.233. The Kier molecular flexibility index (Phi) is 3.70. The predicted molar refractivity (Wildman–Crippen MR) is 61.5 cm³/mol. The molecule has 5 nitrogen and oxygen atoms in total. The number of hydrogen-bond acceptors (Lipinski definition) is 4. The van der Waals surface area contributed by atoms with Gasteiger partial charge in [0.05, 0.1) is 12.5 Å². The third-order valence-corrected chi connectivity index (χ3v) is 4.26. The molecule has 0 radical (unpaired) electrons. The van der Waals surface area contributed by atoms with Gasteiger partial charge in [-0.2, -0.15) is 11.8 Å². The Morgan fingerprint density at radius 1 is 1.62 bits per heavy atom. The van der Waals surface area contributed by atoms with Crippen LogP contribution in [0.2, 0.25) is 0 Å². The van der Waals surface area contributed by atoms with Gasteiger partial charge in [-0.3, -0.25) is 14.5 Å². The van der Waals surface area contributed by atoms with Crippen molar-refractivity contribution in [2.75, 3.05) is 24.6 Å². The van der Waals surface area contributed by atoms with Crippen molar-refractivity contribution < 1.29 is 14.7 Å². The lowest BCUT2D eigenvalue weighted by atomic mass is 10.1. The van der Waals surface area contributed by atoms with E-state index < -0.39 is 12.0 Å². The normalized spacial score (nSPS) is 31.4. The van der Waals surface area contributed by atoms with Gasteiger partial charge in [0.2, 0.25) is 5.91 Å². The third kappa shape index (κ3) is 2.49. The van der Waals surface area contributed by atoms with Gasteiger partial charge in [-0.1, -0.05) is 0 Å². The molecule has 2 N–H and O–H groups in total. The van der Waals surface area contributed by atoms with Crippen LogP contribution in [0.4, 0.5) is 0 Å². The van der Waals surface area contributed by atoms with E-state index in [1.165, 1.54) is 0 Å². The SMILES string of the molecule is O=C(O)CC1C(=O)NCCN1C1CCSC1. The fraction of sp³-hybridized carbons (Fsp3) is 0.800. The molecule has 2 rings (SSSR count). The Balaban J connectivity index is 2.06. The van der Waals surface area contributed by atoms with Crippen molar-refractivity contribution >= 4 is 23.6 Å². The van der Waals surface area contributed by atoms with Crippen molar-refractivity contribution in [2.45, 2.75) is 24.9 Å². The fourth-order valence-electron chi connectivity index (χ4n) is 2.33. The molecule has 0 aromatic heterocycles. The third-order valence-electron chi connectivity index (χ3n) is 3.11. The summed E-state index contributed by atoms with van der Waals surface area (Å²) in [6.07, 6.45) is 0.973. The Labute approximate surface area is 98.6 Å². The van der Waals surface area contributed by atoms with Crippen LogP contribution in [-0.2, 0) is 9.59 Å². The Morgan fingerprint density at radius 2 is 2.44 bits per heavy atom. The zero-order valence-corrected chi connectivity index (χ0v) is 9.83. The van der Waals surface area contributed by atoms with Gasteiger partial charge in [-0.15, -0.1) is 0 Å². The molecule has 0 aromatic carbocycles. The van der Waals surface area contributed by atoms with Gasteiger partial charge in [0.25, 0.3) is 0 Å². The first-order valence-corrected chi connectivity index (χ1v) is 6.67. The van der Waals surface area contributed by atoms with Crippen molar-refractivity contribution in [3.63, 3.8) is 0 Å². The zero-order chi connectivity index (χ0) is 11.5. The monoisotopic (exact) mass is 244 g/mol. The molecule has 6 heteroatoms. The molecular formula is C10H16N2O3S. The van der Waals surface area contributed by atoms with Crippen molar-refractivity contribution in [3.8, 4) is 0 Å². The minimum Gasteiger partial charge on any atom is -0.481 e. The van der Waals surface area contributed by atoms with Crippen LogP contribution in [0, 0.1) is 0 Å². The first-order valence-electron chi connectivity index (χ1n) is 5.51. The molecule has 2 fully saturated rings. The van der Waals surface area contributed by atoms with E-state index in [2.05, 4.69) is 10.2 Å². The molecule has 2 aliphatic rings. The number of piperazine rings is 1. The number of carboxylic acids is 1. The maximum absolute atomic E-state index is 11.7. The Hall–Kier alpha value is -0.750. The van der Waals surface area contributed by atoms with Gasteiger partial charge in [0.15, 0.2) is 0 Å². The first-order chi connectivity index (χ1) is 7.68. The summed E-state index contributed by atoms with van der Waals surface area (Å²) >= 11 is 1.88. The van der Waals surface area contributed by atoms with Gasteiger partial charge < -0.3 is 10.4 Å². The minimum atomic E-state index is -0.905. The van der Waals surface area contributed by atoms with Gasteiger partial charge >= 0.3 is 5.97 Å². The van der Waals surface area contributed by atoms with Gasteiger partial charge in [-0.25, -0.2) is 0 Å². The Bertz CT molecular complexity index is 292. The number of nitrogens with zero attached hydrogens (tertiary/aromatic N) is 1. The maximum atomic E-state index is 11.7. The number of carboxylic acid groups (broad SMARTS) is 1. The number of carbonyl (C=O) groups is 2. The fourth-order valence-corrected chi connectivity index (χ4v) is 3.56. The molecule has 2 atom stereocenters. The van der Waals surface area contributed by atoms with E-state index in [-0.39, 0.29) is 12.3 Å². The minimum absolute atomic E-state index is 0.0903. The molecule has 2 saturated heterocycles. The van der Waals surface area contributed by atoms with Crippen molar-refractivity contribution in [2.24, 2.45) is 0 Å². The molecule has 1 amide bonds. The van der Waals surface area contributed by atoms with E-state index >= 15 is 0 Å². The van der Waals surface area contributed by atoms with Crippen molar-refractivity contribution in [1.82, 2.24) is 10.2 Å². The lowest BCUT2D eigenvalue weighted by molar-refractivity contribution is -0.143. The van der Waals surface area contributed by atoms with E-state index in [9.17, 15) is 9.59 Å². The van der Waals surface area contributed by atoms with E-state index in [0.29, 0.717) is 12.6 Å². The highest BCUT2D eigenvalue weighted by molar-refractivity contribution is 7.99. The molecule has 0 saturated carbocycles. The molecule has 2 aliphatic heterocycles. The molecular weight excluding hydrogens is 228 g/mol.